The van der Waals surface area contributed by atoms with E-state index in [0.717, 1.165) is 27.8 Å². The highest BCUT2D eigenvalue weighted by atomic mass is 35.5. The highest BCUT2D eigenvalue weighted by Gasteiger charge is 2.13. The van der Waals surface area contributed by atoms with Gasteiger partial charge in [0.1, 0.15) is 17.7 Å². The van der Waals surface area contributed by atoms with Gasteiger partial charge in [0.2, 0.25) is 0 Å². The van der Waals surface area contributed by atoms with Crippen molar-refractivity contribution in [3.05, 3.63) is 77.7 Å². The summed E-state index contributed by atoms with van der Waals surface area (Å²) in [4.78, 5) is 15.6. The molecule has 0 unspecified atom stereocenters. The maximum atomic E-state index is 13.9. The Hall–Kier alpha value is -3.45. The monoisotopic (exact) mass is 406 g/mol. The van der Waals surface area contributed by atoms with Crippen molar-refractivity contribution in [3.63, 3.8) is 0 Å². The number of aromatic nitrogens is 5. The van der Waals surface area contributed by atoms with Gasteiger partial charge in [-0.3, -0.25) is 0 Å². The first-order valence-electron chi connectivity index (χ1n) is 9.13. The number of nitrogens with one attached hydrogen (secondary N) is 2. The largest absolute Gasteiger partial charge is 0.368 e. The Balaban J connectivity index is 1.50. The van der Waals surface area contributed by atoms with Gasteiger partial charge in [-0.2, -0.15) is 0 Å². The lowest BCUT2D eigenvalue weighted by atomic mass is 10.2. The predicted octanol–water partition coefficient (Wildman–Crippen LogP) is 4.74. The molecule has 5 aromatic rings. The Morgan fingerprint density at radius 3 is 2.86 bits per heavy atom. The summed E-state index contributed by atoms with van der Waals surface area (Å²) < 4.78 is 15.9. The second-order valence-corrected chi connectivity index (χ2v) is 7.03. The fourth-order valence-corrected chi connectivity index (χ4v) is 3.79. The molecule has 8 heteroatoms. The van der Waals surface area contributed by atoms with Gasteiger partial charge in [-0.25, -0.2) is 19.3 Å². The number of hydrogen-bond acceptors (Lipinski definition) is 4. The number of aromatic amines is 1. The molecule has 0 atom stereocenters. The zero-order valence-corrected chi connectivity index (χ0v) is 16.0. The molecule has 5 rings (SSSR count). The van der Waals surface area contributed by atoms with Gasteiger partial charge in [0.25, 0.3) is 0 Å². The van der Waals surface area contributed by atoms with Crippen molar-refractivity contribution in [2.45, 2.75) is 6.42 Å². The van der Waals surface area contributed by atoms with Crippen LogP contribution in [0.5, 0.6) is 0 Å². The van der Waals surface area contributed by atoms with Crippen LogP contribution in [-0.4, -0.2) is 31.0 Å². The molecule has 144 valence electrons. The lowest BCUT2D eigenvalue weighted by Gasteiger charge is -2.12. The Kier molecular flexibility index (Phi) is 4.37. The van der Waals surface area contributed by atoms with Gasteiger partial charge in [-0.05, 0) is 36.4 Å². The van der Waals surface area contributed by atoms with Crippen LogP contribution < -0.4 is 5.32 Å². The molecule has 0 radical (unpaired) electrons. The fraction of sp³-hybridized carbons (Fsp3) is 0.0952. The van der Waals surface area contributed by atoms with Crippen LogP contribution >= 0.6 is 11.6 Å². The number of nitrogens with zero attached hydrogens (tertiary/aromatic N) is 4. The first kappa shape index (κ1) is 17.6. The van der Waals surface area contributed by atoms with Gasteiger partial charge in [0, 0.05) is 34.8 Å². The maximum absolute atomic E-state index is 13.9. The number of halogens is 2. The molecule has 29 heavy (non-hydrogen) atoms. The molecule has 0 fully saturated rings. The van der Waals surface area contributed by atoms with Crippen molar-refractivity contribution in [3.8, 4) is 5.69 Å². The number of hydrogen-bond donors (Lipinski definition) is 2. The van der Waals surface area contributed by atoms with Gasteiger partial charge >= 0.3 is 0 Å². The molecule has 2 aromatic carbocycles. The van der Waals surface area contributed by atoms with Crippen molar-refractivity contribution in [2.75, 3.05) is 11.9 Å². The lowest BCUT2D eigenvalue weighted by Crippen LogP contribution is -2.10. The molecule has 3 heterocycles. The van der Waals surface area contributed by atoms with Crippen molar-refractivity contribution in [2.24, 2.45) is 0 Å². The van der Waals surface area contributed by atoms with Gasteiger partial charge in [-0.1, -0.05) is 23.7 Å². The molecular weight excluding hydrogens is 391 g/mol. The Morgan fingerprint density at radius 2 is 1.97 bits per heavy atom. The van der Waals surface area contributed by atoms with E-state index in [-0.39, 0.29) is 5.82 Å². The zero-order valence-electron chi connectivity index (χ0n) is 15.2. The van der Waals surface area contributed by atoms with Gasteiger partial charge in [0.15, 0.2) is 11.5 Å². The summed E-state index contributed by atoms with van der Waals surface area (Å²) in [6.45, 7) is 0.619. The van der Waals surface area contributed by atoms with E-state index in [2.05, 4.69) is 31.3 Å². The minimum Gasteiger partial charge on any atom is -0.368 e. The molecule has 3 aromatic heterocycles. The fourth-order valence-electron chi connectivity index (χ4n) is 3.56. The topological polar surface area (TPSA) is 71.4 Å². The molecule has 0 bridgehead atoms. The summed E-state index contributed by atoms with van der Waals surface area (Å²) in [5.41, 5.74) is 4.09. The van der Waals surface area contributed by atoms with Crippen molar-refractivity contribution in [1.29, 1.82) is 0 Å². The van der Waals surface area contributed by atoms with Crippen LogP contribution in [0.15, 0.2) is 61.2 Å². The molecular formula is C21H16ClFN6. The van der Waals surface area contributed by atoms with Crippen LogP contribution in [0.3, 0.4) is 0 Å². The third-order valence-electron chi connectivity index (χ3n) is 4.83. The average Bonchev–Trinajstić information content (AvgIpc) is 3.34. The second-order valence-electron chi connectivity index (χ2n) is 6.62. The Morgan fingerprint density at radius 1 is 1.07 bits per heavy atom. The number of fused-ring (bicyclic) bond motifs is 2. The van der Waals surface area contributed by atoms with Crippen molar-refractivity contribution >= 4 is 39.5 Å². The minimum atomic E-state index is -0.280. The van der Waals surface area contributed by atoms with E-state index in [1.54, 1.807) is 12.4 Å². The molecule has 0 aliphatic heterocycles. The number of H-pyrrole nitrogens is 1. The first-order chi connectivity index (χ1) is 14.2. The molecule has 0 spiro atoms. The third kappa shape index (κ3) is 3.19. The molecule has 0 aliphatic rings. The number of benzene rings is 2. The SMILES string of the molecule is Fc1cccc(-n2c(CCNc3ncnc4nc[nH]c34)cc3c(Cl)cccc32)c1. The first-order valence-corrected chi connectivity index (χ1v) is 9.51. The van der Waals surface area contributed by atoms with E-state index in [0.29, 0.717) is 29.5 Å². The Labute approximate surface area is 170 Å². The number of imidazole rings is 1. The summed E-state index contributed by atoms with van der Waals surface area (Å²) in [7, 11) is 0. The minimum absolute atomic E-state index is 0.280. The van der Waals surface area contributed by atoms with Gasteiger partial charge in [-0.15, -0.1) is 0 Å². The zero-order chi connectivity index (χ0) is 19.8. The number of anilines is 1. The van der Waals surface area contributed by atoms with Crippen LogP contribution in [0.2, 0.25) is 5.02 Å². The standard InChI is InChI=1S/C21H16ClFN6/c22-17-5-2-6-18-16(17)10-15(29(18)14-4-1-3-13(23)9-14)7-8-24-20-19-21(26-11-25-19)28-12-27-20/h1-6,9-12H,7-8H2,(H2,24,25,26,27,28). The molecule has 0 amide bonds. The summed E-state index contributed by atoms with van der Waals surface area (Å²) in [5.74, 6) is 0.414. The molecule has 0 aliphatic carbocycles. The van der Waals surface area contributed by atoms with Crippen LogP contribution in [0.4, 0.5) is 10.2 Å². The van der Waals surface area contributed by atoms with Crippen LogP contribution in [0.25, 0.3) is 27.8 Å². The average molecular weight is 407 g/mol. The van der Waals surface area contributed by atoms with E-state index in [1.165, 1.54) is 18.5 Å². The molecule has 0 saturated carbocycles. The number of rotatable bonds is 5. The Bertz CT molecular complexity index is 1330. The van der Waals surface area contributed by atoms with Crippen molar-refractivity contribution < 1.29 is 4.39 Å². The predicted molar refractivity (Wildman–Crippen MR) is 112 cm³/mol. The van der Waals surface area contributed by atoms with E-state index < -0.39 is 0 Å². The van der Waals surface area contributed by atoms with Crippen molar-refractivity contribution in [1.82, 2.24) is 24.5 Å². The van der Waals surface area contributed by atoms with Gasteiger partial charge in [0.05, 0.1) is 11.8 Å². The van der Waals surface area contributed by atoms with E-state index in [4.69, 9.17) is 11.6 Å². The van der Waals surface area contributed by atoms with Gasteiger partial charge < -0.3 is 14.9 Å². The second kappa shape index (κ2) is 7.18. The molecule has 2 N–H and O–H groups in total. The normalized spacial score (nSPS) is 11.4. The summed E-state index contributed by atoms with van der Waals surface area (Å²) >= 11 is 6.41. The van der Waals surface area contributed by atoms with E-state index in [9.17, 15) is 4.39 Å². The quantitative estimate of drug-likeness (QED) is 0.442. The summed E-state index contributed by atoms with van der Waals surface area (Å²) in [5, 5.41) is 4.93. The lowest BCUT2D eigenvalue weighted by molar-refractivity contribution is 0.626. The smallest absolute Gasteiger partial charge is 0.182 e. The third-order valence-corrected chi connectivity index (χ3v) is 5.16. The van der Waals surface area contributed by atoms with Crippen LogP contribution in [0, 0.1) is 5.82 Å². The molecule has 0 saturated heterocycles. The molecule has 6 nitrogen and oxygen atoms in total. The van der Waals surface area contributed by atoms with E-state index in [1.807, 2.05) is 28.8 Å². The summed E-state index contributed by atoms with van der Waals surface area (Å²) in [6.07, 6.45) is 3.75. The van der Waals surface area contributed by atoms with E-state index >= 15 is 0 Å². The highest BCUT2D eigenvalue weighted by Crippen LogP contribution is 2.30. The summed E-state index contributed by atoms with van der Waals surface area (Å²) in [6, 6.07) is 14.4. The van der Waals surface area contributed by atoms with Crippen LogP contribution in [-0.2, 0) is 6.42 Å². The van der Waals surface area contributed by atoms with Crippen LogP contribution in [0.1, 0.15) is 5.69 Å². The highest BCUT2D eigenvalue weighted by molar-refractivity contribution is 6.35. The maximum Gasteiger partial charge on any atom is 0.182 e.